The number of nitrogens with zero attached hydrogens (tertiary/aromatic N) is 4. The molecule has 0 fully saturated rings. The molecule has 0 N–H and O–H groups in total. The van der Waals surface area contributed by atoms with Crippen molar-refractivity contribution < 1.29 is 9.72 Å². The fourth-order valence-corrected chi connectivity index (χ4v) is 5.30. The fourth-order valence-electron chi connectivity index (χ4n) is 3.55. The Balaban J connectivity index is 1.71. The molecule has 3 heterocycles. The number of terminal acetylenes is 1. The van der Waals surface area contributed by atoms with Gasteiger partial charge < -0.3 is 4.57 Å². The van der Waals surface area contributed by atoms with Crippen LogP contribution in [0.15, 0.2) is 71.0 Å². The van der Waals surface area contributed by atoms with Gasteiger partial charge in [-0.25, -0.2) is 4.98 Å². The highest BCUT2D eigenvalue weighted by molar-refractivity contribution is 7.16. The molecule has 0 aliphatic rings. The van der Waals surface area contributed by atoms with E-state index in [1.165, 1.54) is 23.5 Å². The number of hydrogen-bond acceptors (Lipinski definition) is 6. The number of pyridine rings is 1. The van der Waals surface area contributed by atoms with Gasteiger partial charge in [0.25, 0.3) is 11.6 Å². The van der Waals surface area contributed by atoms with Gasteiger partial charge in [-0.1, -0.05) is 41.5 Å². The van der Waals surface area contributed by atoms with Gasteiger partial charge in [0, 0.05) is 17.5 Å². The Kier molecular flexibility index (Phi) is 5.30. The number of para-hydroxylation sites is 1. The van der Waals surface area contributed by atoms with E-state index in [-0.39, 0.29) is 12.2 Å². The number of carbonyl (C=O) groups excluding carboxylic acids is 1. The zero-order valence-electron chi connectivity index (χ0n) is 17.0. The normalized spacial score (nSPS) is 11.7. The van der Waals surface area contributed by atoms with Crippen LogP contribution in [0.5, 0.6) is 0 Å². The van der Waals surface area contributed by atoms with Crippen LogP contribution in [-0.4, -0.2) is 20.4 Å². The van der Waals surface area contributed by atoms with E-state index in [0.29, 0.717) is 37.2 Å². The standard InChI is InChI=1S/C24H14N4O3S2/c1-2-11-27-20-10-9-15(28(30)31)13-22(20)33-24(27)26-23(29)17-14-19(21-8-5-12-32-21)25-18-7-4-3-6-16(17)18/h1,3-10,12-14H,11H2. The van der Waals surface area contributed by atoms with Crippen molar-refractivity contribution in [2.24, 2.45) is 4.99 Å². The van der Waals surface area contributed by atoms with E-state index < -0.39 is 10.8 Å². The first-order valence-corrected chi connectivity index (χ1v) is 11.5. The summed E-state index contributed by atoms with van der Waals surface area (Å²) in [7, 11) is 0. The highest BCUT2D eigenvalue weighted by Crippen LogP contribution is 2.28. The van der Waals surface area contributed by atoms with Crippen molar-refractivity contribution in [3.63, 3.8) is 0 Å². The average Bonchev–Trinajstić information content (AvgIpc) is 3.47. The molecule has 1 amide bonds. The minimum Gasteiger partial charge on any atom is -0.305 e. The molecular formula is C24H14N4O3S2. The fraction of sp³-hybridized carbons (Fsp3) is 0.0417. The minimum absolute atomic E-state index is 0.0322. The zero-order chi connectivity index (χ0) is 22.9. The van der Waals surface area contributed by atoms with Crippen LogP contribution in [0.4, 0.5) is 5.69 Å². The summed E-state index contributed by atoms with van der Waals surface area (Å²) in [6.07, 6.45) is 5.54. The summed E-state index contributed by atoms with van der Waals surface area (Å²) < 4.78 is 2.34. The molecule has 0 unspecified atom stereocenters. The molecule has 0 atom stereocenters. The van der Waals surface area contributed by atoms with Crippen LogP contribution in [0.25, 0.3) is 31.7 Å². The van der Waals surface area contributed by atoms with Gasteiger partial charge in [0.2, 0.25) is 0 Å². The number of aromatic nitrogens is 2. The number of fused-ring (bicyclic) bond motifs is 2. The maximum atomic E-state index is 13.4. The highest BCUT2D eigenvalue weighted by Gasteiger charge is 2.16. The number of nitro benzene ring substituents is 1. The third kappa shape index (κ3) is 3.82. The lowest BCUT2D eigenvalue weighted by Crippen LogP contribution is -2.16. The first-order valence-electron chi connectivity index (χ1n) is 9.79. The monoisotopic (exact) mass is 470 g/mol. The maximum Gasteiger partial charge on any atom is 0.280 e. The molecule has 0 bridgehead atoms. The van der Waals surface area contributed by atoms with E-state index >= 15 is 0 Å². The molecule has 0 aliphatic carbocycles. The second kappa shape index (κ2) is 8.43. The molecule has 5 rings (SSSR count). The molecule has 0 saturated heterocycles. The van der Waals surface area contributed by atoms with E-state index in [2.05, 4.69) is 10.9 Å². The topological polar surface area (TPSA) is 90.4 Å². The van der Waals surface area contributed by atoms with Crippen LogP contribution < -0.4 is 4.80 Å². The Hall–Kier alpha value is -4.13. The Morgan fingerprint density at radius 1 is 1.18 bits per heavy atom. The van der Waals surface area contributed by atoms with Gasteiger partial charge >= 0.3 is 0 Å². The van der Waals surface area contributed by atoms with Crippen molar-refractivity contribution in [2.75, 3.05) is 0 Å². The van der Waals surface area contributed by atoms with E-state index in [0.717, 1.165) is 4.88 Å². The number of nitro groups is 1. The maximum absolute atomic E-state index is 13.4. The summed E-state index contributed by atoms with van der Waals surface area (Å²) in [6.45, 7) is 0.182. The van der Waals surface area contributed by atoms with Crippen molar-refractivity contribution in [1.29, 1.82) is 0 Å². The first kappa shape index (κ1) is 20.8. The number of thiophene rings is 1. The van der Waals surface area contributed by atoms with Crippen LogP contribution in [0, 0.1) is 22.5 Å². The van der Waals surface area contributed by atoms with Crippen LogP contribution in [-0.2, 0) is 6.54 Å². The van der Waals surface area contributed by atoms with Crippen LogP contribution >= 0.6 is 22.7 Å². The molecule has 33 heavy (non-hydrogen) atoms. The number of carbonyl (C=O) groups is 1. The van der Waals surface area contributed by atoms with Gasteiger partial charge in [0.1, 0.15) is 0 Å². The van der Waals surface area contributed by atoms with Crippen molar-refractivity contribution in [1.82, 2.24) is 9.55 Å². The summed E-state index contributed by atoms with van der Waals surface area (Å²) in [6, 6.07) is 17.6. The number of rotatable bonds is 4. The molecule has 0 radical (unpaired) electrons. The molecule has 160 valence electrons. The highest BCUT2D eigenvalue weighted by atomic mass is 32.1. The van der Waals surface area contributed by atoms with Gasteiger partial charge in [-0.05, 0) is 29.6 Å². The number of thiazole rings is 1. The van der Waals surface area contributed by atoms with Crippen molar-refractivity contribution >= 4 is 55.4 Å². The summed E-state index contributed by atoms with van der Waals surface area (Å²) in [5.74, 6) is 2.13. The molecule has 7 nitrogen and oxygen atoms in total. The van der Waals surface area contributed by atoms with Gasteiger partial charge in [-0.15, -0.1) is 17.8 Å². The Bertz CT molecular complexity index is 1660. The second-order valence-electron chi connectivity index (χ2n) is 7.05. The predicted molar refractivity (Wildman–Crippen MR) is 130 cm³/mol. The van der Waals surface area contributed by atoms with Crippen molar-refractivity contribution in [3.8, 4) is 22.9 Å². The first-order chi connectivity index (χ1) is 16.0. The van der Waals surface area contributed by atoms with E-state index in [1.54, 1.807) is 28.0 Å². The molecule has 0 spiro atoms. The lowest BCUT2D eigenvalue weighted by Gasteiger charge is -2.06. The third-order valence-corrected chi connectivity index (χ3v) is 6.98. The minimum atomic E-state index is -0.456. The number of non-ortho nitro benzene ring substituents is 1. The lowest BCUT2D eigenvalue weighted by atomic mass is 10.1. The van der Waals surface area contributed by atoms with Crippen molar-refractivity contribution in [3.05, 3.63) is 86.5 Å². The summed E-state index contributed by atoms with van der Waals surface area (Å²) >= 11 is 2.73. The Morgan fingerprint density at radius 3 is 2.79 bits per heavy atom. The van der Waals surface area contributed by atoms with E-state index in [9.17, 15) is 14.9 Å². The van der Waals surface area contributed by atoms with Crippen LogP contribution in [0.3, 0.4) is 0 Å². The van der Waals surface area contributed by atoms with Crippen molar-refractivity contribution in [2.45, 2.75) is 6.54 Å². The summed E-state index contributed by atoms with van der Waals surface area (Å²) in [4.78, 5) is 34.5. The smallest absolute Gasteiger partial charge is 0.280 e. The zero-order valence-corrected chi connectivity index (χ0v) is 18.6. The van der Waals surface area contributed by atoms with Gasteiger partial charge in [0.05, 0.1) is 43.3 Å². The Labute approximate surface area is 195 Å². The predicted octanol–water partition coefficient (Wildman–Crippen LogP) is 5.26. The van der Waals surface area contributed by atoms with Crippen LogP contribution in [0.2, 0.25) is 0 Å². The van der Waals surface area contributed by atoms with Gasteiger partial charge in [-0.3, -0.25) is 14.9 Å². The SMILES string of the molecule is C#CCn1c(=NC(=O)c2cc(-c3cccs3)nc3ccccc23)sc2cc([N+](=O)[O-])ccc21. The largest absolute Gasteiger partial charge is 0.305 e. The molecule has 5 aromatic rings. The third-order valence-electron chi connectivity index (χ3n) is 5.04. The Morgan fingerprint density at radius 2 is 2.03 bits per heavy atom. The molecule has 3 aromatic heterocycles. The summed E-state index contributed by atoms with van der Waals surface area (Å²) in [5, 5.41) is 13.8. The number of hydrogen-bond donors (Lipinski definition) is 0. The average molecular weight is 471 g/mol. The van der Waals surface area contributed by atoms with Crippen LogP contribution in [0.1, 0.15) is 10.4 Å². The van der Waals surface area contributed by atoms with E-state index in [4.69, 9.17) is 11.4 Å². The molecule has 9 heteroatoms. The number of benzene rings is 2. The summed E-state index contributed by atoms with van der Waals surface area (Å²) in [5.41, 5.74) is 2.49. The molecular weight excluding hydrogens is 456 g/mol. The molecule has 2 aromatic carbocycles. The molecule has 0 saturated carbocycles. The quantitative estimate of drug-likeness (QED) is 0.203. The second-order valence-corrected chi connectivity index (χ2v) is 9.01. The van der Waals surface area contributed by atoms with E-state index in [1.807, 2.05) is 41.8 Å². The molecule has 0 aliphatic heterocycles. The van der Waals surface area contributed by atoms with Gasteiger partial charge in [0.15, 0.2) is 4.80 Å². The van der Waals surface area contributed by atoms with Gasteiger partial charge in [-0.2, -0.15) is 4.99 Å². The number of amides is 1. The lowest BCUT2D eigenvalue weighted by molar-refractivity contribution is -0.384.